The van der Waals surface area contributed by atoms with E-state index < -0.39 is 0 Å². The van der Waals surface area contributed by atoms with Gasteiger partial charge in [0.1, 0.15) is 17.2 Å². The third kappa shape index (κ3) is 3.96. The number of para-hydroxylation sites is 5. The number of furan rings is 1. The van der Waals surface area contributed by atoms with E-state index >= 15 is 0 Å². The number of hydrogen-bond acceptors (Lipinski definition) is 3. The zero-order valence-corrected chi connectivity index (χ0v) is 29.4. The maximum atomic E-state index is 10.9. The highest BCUT2D eigenvalue weighted by atomic mass is 16.3. The number of nitrogen functional groups attached to an aromatic ring is 1. The first kappa shape index (κ1) is 29.8. The molecule has 0 atom stereocenters. The minimum Gasteiger partial charge on any atom is -0.455 e. The lowest BCUT2D eigenvalue weighted by Gasteiger charge is -2.19. The van der Waals surface area contributed by atoms with Gasteiger partial charge in [-0.05, 0) is 72.8 Å². The number of nitrogens with two attached hydrogens (primary N) is 1. The summed E-state index contributed by atoms with van der Waals surface area (Å²) in [7, 11) is 0. The standard InChI is InChI=1S/C49H29N5O/c50-28-29-25-30(51)26-45(53-42-19-9-4-15-37(42)47-44(53)24-22-36-35-14-5-10-20-46(35)55-49(36)47)48(29)54-41-18-8-3-13-34(41)38-27-31(21-23-43(38)54)52-39-16-6-1-11-32(39)33-12-2-7-17-40(33)52/h1-27H,51H2. The fourth-order valence-corrected chi connectivity index (χ4v) is 9.17. The molecule has 0 unspecified atom stereocenters. The second kappa shape index (κ2) is 10.9. The van der Waals surface area contributed by atoms with Gasteiger partial charge in [0.2, 0.25) is 0 Å². The molecule has 0 saturated carbocycles. The van der Waals surface area contributed by atoms with Crippen LogP contribution in [0.3, 0.4) is 0 Å². The highest BCUT2D eigenvalue weighted by molar-refractivity contribution is 6.24. The van der Waals surface area contributed by atoms with Crippen LogP contribution in [0.4, 0.5) is 5.69 Å². The number of nitrogens with zero attached hydrogens (tertiary/aromatic N) is 4. The molecule has 2 N–H and O–H groups in total. The molecular formula is C49H29N5O. The molecule has 0 radical (unpaired) electrons. The Morgan fingerprint density at radius 1 is 0.455 bits per heavy atom. The number of benzene rings is 8. The van der Waals surface area contributed by atoms with Crippen LogP contribution in [0.5, 0.6) is 0 Å². The van der Waals surface area contributed by atoms with Crippen LogP contribution in [0.25, 0.3) is 104 Å². The van der Waals surface area contributed by atoms with Crippen molar-refractivity contribution >= 4 is 93.0 Å². The van der Waals surface area contributed by atoms with Crippen molar-refractivity contribution in [3.8, 4) is 23.1 Å². The molecule has 256 valence electrons. The fourth-order valence-electron chi connectivity index (χ4n) is 9.17. The topological polar surface area (TPSA) is 77.7 Å². The second-order valence-electron chi connectivity index (χ2n) is 14.3. The average Bonchev–Trinajstić information content (AvgIpc) is 3.97. The van der Waals surface area contributed by atoms with Crippen molar-refractivity contribution in [3.63, 3.8) is 0 Å². The summed E-state index contributed by atoms with van der Waals surface area (Å²) >= 11 is 0. The van der Waals surface area contributed by atoms with Gasteiger partial charge in [-0.1, -0.05) is 91.0 Å². The Balaban J connectivity index is 1.19. The van der Waals surface area contributed by atoms with E-state index in [1.54, 1.807) is 6.07 Å². The van der Waals surface area contributed by atoms with Crippen LogP contribution in [-0.4, -0.2) is 13.7 Å². The molecule has 0 aliphatic carbocycles. The lowest BCUT2D eigenvalue weighted by molar-refractivity contribution is 0.673. The average molecular weight is 704 g/mol. The van der Waals surface area contributed by atoms with Crippen LogP contribution >= 0.6 is 0 Å². The molecule has 6 heteroatoms. The summed E-state index contributed by atoms with van der Waals surface area (Å²) in [4.78, 5) is 0. The van der Waals surface area contributed by atoms with Gasteiger partial charge in [-0.2, -0.15) is 5.26 Å². The summed E-state index contributed by atoms with van der Waals surface area (Å²) < 4.78 is 13.4. The Morgan fingerprint density at radius 3 is 1.69 bits per heavy atom. The van der Waals surface area contributed by atoms with Crippen LogP contribution < -0.4 is 5.73 Å². The van der Waals surface area contributed by atoms with Gasteiger partial charge in [-0.25, -0.2) is 0 Å². The van der Waals surface area contributed by atoms with E-state index in [0.717, 1.165) is 93.6 Å². The van der Waals surface area contributed by atoms with Crippen molar-refractivity contribution in [2.24, 2.45) is 0 Å². The van der Waals surface area contributed by atoms with Gasteiger partial charge in [0, 0.05) is 49.1 Å². The summed E-state index contributed by atoms with van der Waals surface area (Å²) in [5.74, 6) is 0. The Labute approximate surface area is 313 Å². The van der Waals surface area contributed by atoms with Crippen LogP contribution in [0, 0.1) is 11.3 Å². The predicted molar refractivity (Wildman–Crippen MR) is 226 cm³/mol. The van der Waals surface area contributed by atoms with Gasteiger partial charge in [0.05, 0.1) is 55.4 Å². The summed E-state index contributed by atoms with van der Waals surface area (Å²) in [6, 6.07) is 59.5. The van der Waals surface area contributed by atoms with E-state index in [0.29, 0.717) is 11.3 Å². The number of rotatable bonds is 3. The lowest BCUT2D eigenvalue weighted by Crippen LogP contribution is -2.07. The van der Waals surface area contributed by atoms with Crippen molar-refractivity contribution < 1.29 is 4.42 Å². The number of hydrogen-bond donors (Lipinski definition) is 1. The van der Waals surface area contributed by atoms with Gasteiger partial charge < -0.3 is 23.9 Å². The van der Waals surface area contributed by atoms with Crippen LogP contribution in [-0.2, 0) is 0 Å². The minimum atomic E-state index is 0.486. The highest BCUT2D eigenvalue weighted by Gasteiger charge is 2.25. The van der Waals surface area contributed by atoms with E-state index in [2.05, 4.69) is 153 Å². The molecule has 0 fully saturated rings. The molecule has 8 aromatic carbocycles. The molecule has 4 aromatic heterocycles. The van der Waals surface area contributed by atoms with Crippen LogP contribution in [0.2, 0.25) is 0 Å². The van der Waals surface area contributed by atoms with Gasteiger partial charge in [-0.3, -0.25) is 0 Å². The van der Waals surface area contributed by atoms with Gasteiger partial charge in [0.15, 0.2) is 0 Å². The summed E-state index contributed by atoms with van der Waals surface area (Å²) in [6.07, 6.45) is 0. The predicted octanol–water partition coefficient (Wildman–Crippen LogP) is 12.3. The molecule has 6 nitrogen and oxygen atoms in total. The smallest absolute Gasteiger partial charge is 0.145 e. The van der Waals surface area contributed by atoms with Gasteiger partial charge in [0.25, 0.3) is 0 Å². The summed E-state index contributed by atoms with van der Waals surface area (Å²) in [6.45, 7) is 0. The normalized spacial score (nSPS) is 12.1. The first-order valence-electron chi connectivity index (χ1n) is 18.4. The first-order valence-corrected chi connectivity index (χ1v) is 18.4. The third-order valence-corrected chi connectivity index (χ3v) is 11.4. The zero-order valence-electron chi connectivity index (χ0n) is 29.4. The van der Waals surface area contributed by atoms with Crippen molar-refractivity contribution in [2.45, 2.75) is 0 Å². The highest BCUT2D eigenvalue weighted by Crippen LogP contribution is 2.44. The lowest BCUT2D eigenvalue weighted by atomic mass is 10.1. The maximum Gasteiger partial charge on any atom is 0.145 e. The molecule has 0 aliphatic heterocycles. The zero-order chi connectivity index (χ0) is 36.4. The molecule has 4 heterocycles. The molecule has 12 aromatic rings. The summed E-state index contributed by atoms with van der Waals surface area (Å²) in [5, 5.41) is 19.7. The Kier molecular flexibility index (Phi) is 5.90. The number of fused-ring (bicyclic) bond motifs is 13. The van der Waals surface area contributed by atoms with E-state index in [-0.39, 0.29) is 0 Å². The van der Waals surface area contributed by atoms with Crippen LogP contribution in [0.15, 0.2) is 168 Å². The number of nitriles is 1. The molecule has 55 heavy (non-hydrogen) atoms. The van der Waals surface area contributed by atoms with Crippen molar-refractivity contribution in [2.75, 3.05) is 5.73 Å². The van der Waals surface area contributed by atoms with Crippen molar-refractivity contribution in [1.82, 2.24) is 13.7 Å². The molecule has 0 amide bonds. The van der Waals surface area contributed by atoms with Gasteiger partial charge in [-0.15, -0.1) is 0 Å². The maximum absolute atomic E-state index is 10.9. The Bertz CT molecular complexity index is 3590. The van der Waals surface area contributed by atoms with Crippen molar-refractivity contribution in [1.29, 1.82) is 5.26 Å². The fraction of sp³-hybridized carbons (Fsp3) is 0. The SMILES string of the molecule is N#Cc1cc(N)cc(-n2c3ccccc3c3c4oc5ccccc5c4ccc32)c1-n1c2ccccc2c2cc(-n3c4ccccc4c4ccccc43)ccc21. The second-order valence-corrected chi connectivity index (χ2v) is 14.3. The van der Waals surface area contributed by atoms with E-state index in [1.807, 2.05) is 24.3 Å². The summed E-state index contributed by atoms with van der Waals surface area (Å²) in [5.41, 5.74) is 18.3. The Hall–Kier alpha value is -7.75. The minimum absolute atomic E-state index is 0.486. The molecular weight excluding hydrogens is 675 g/mol. The van der Waals surface area contributed by atoms with Crippen LogP contribution in [0.1, 0.15) is 5.56 Å². The molecule has 0 bridgehead atoms. The molecule has 0 spiro atoms. The molecule has 12 rings (SSSR count). The number of aromatic nitrogens is 3. The van der Waals surface area contributed by atoms with Gasteiger partial charge >= 0.3 is 0 Å². The number of anilines is 1. The van der Waals surface area contributed by atoms with Crippen molar-refractivity contribution in [3.05, 3.63) is 169 Å². The first-order chi connectivity index (χ1) is 27.2. The van der Waals surface area contributed by atoms with E-state index in [9.17, 15) is 5.26 Å². The molecule has 0 aliphatic rings. The van der Waals surface area contributed by atoms with E-state index in [4.69, 9.17) is 10.2 Å². The monoisotopic (exact) mass is 703 g/mol. The third-order valence-electron chi connectivity index (χ3n) is 11.4. The molecule has 0 saturated heterocycles. The quantitative estimate of drug-likeness (QED) is 0.186. The van der Waals surface area contributed by atoms with E-state index in [1.165, 1.54) is 10.8 Å². The Morgan fingerprint density at radius 2 is 1.00 bits per heavy atom. The largest absolute Gasteiger partial charge is 0.455 e.